The molecule has 0 spiro atoms. The highest BCUT2D eigenvalue weighted by Crippen LogP contribution is 2.32. The maximum Gasteiger partial charge on any atom is 0.185 e. The summed E-state index contributed by atoms with van der Waals surface area (Å²) in [4.78, 5) is 7.07. The molecule has 146 valence electrons. The first-order valence-corrected chi connectivity index (χ1v) is 12.1. The van der Waals surface area contributed by atoms with E-state index in [1.807, 2.05) is 29.6 Å². The fourth-order valence-electron chi connectivity index (χ4n) is 3.36. The van der Waals surface area contributed by atoms with E-state index in [4.69, 9.17) is 4.98 Å². The summed E-state index contributed by atoms with van der Waals surface area (Å²) in [6.07, 6.45) is 1.07. The second-order valence-electron chi connectivity index (χ2n) is 6.71. The molecular weight excluding hydrogens is 463 g/mol. The largest absolute Gasteiger partial charge is 0.348 e. The van der Waals surface area contributed by atoms with Crippen molar-refractivity contribution in [1.82, 2.24) is 4.98 Å². The van der Waals surface area contributed by atoms with Crippen LogP contribution in [0.25, 0.3) is 11.3 Å². The van der Waals surface area contributed by atoms with Crippen molar-refractivity contribution >= 4 is 42.2 Å². The molecule has 0 radical (unpaired) electrons. The summed E-state index contributed by atoms with van der Waals surface area (Å²) >= 11 is 5.05. The number of nitrogens with zero attached hydrogens (tertiary/aromatic N) is 2. The monoisotopic (exact) mass is 480 g/mol. The molecule has 0 atom stereocenters. The number of sulfone groups is 1. The van der Waals surface area contributed by atoms with Crippen LogP contribution in [-0.2, 0) is 9.84 Å². The lowest BCUT2D eigenvalue weighted by atomic mass is 10.1. The van der Waals surface area contributed by atoms with Crippen LogP contribution in [0.5, 0.6) is 0 Å². The minimum absolute atomic E-state index is 0.193. The fourth-order valence-corrected chi connectivity index (χ4v) is 6.38. The number of hydrogen-bond donors (Lipinski definition) is 0. The van der Waals surface area contributed by atoms with Crippen LogP contribution in [-0.4, -0.2) is 31.7 Å². The first-order chi connectivity index (χ1) is 13.4. The van der Waals surface area contributed by atoms with Gasteiger partial charge in [0.1, 0.15) is 5.82 Å². The number of piperidine rings is 1. The molecule has 0 N–H and O–H groups in total. The number of anilines is 1. The molecule has 1 aliphatic rings. The maximum atomic E-state index is 13.1. The number of rotatable bonds is 4. The van der Waals surface area contributed by atoms with Crippen molar-refractivity contribution in [1.29, 1.82) is 0 Å². The Morgan fingerprint density at radius 1 is 1.11 bits per heavy atom. The maximum absolute atomic E-state index is 13.1. The first kappa shape index (κ1) is 19.5. The van der Waals surface area contributed by atoms with E-state index in [1.165, 1.54) is 24.3 Å². The van der Waals surface area contributed by atoms with Gasteiger partial charge in [-0.15, -0.1) is 11.3 Å². The summed E-state index contributed by atoms with van der Waals surface area (Å²) < 4.78 is 39.7. The SMILES string of the molecule is O=S(=O)(c1ccc(F)cc1)C1CCN(c2nc(-c3cccc(Br)c3)cs2)CC1. The van der Waals surface area contributed by atoms with Gasteiger partial charge in [-0.2, -0.15) is 0 Å². The van der Waals surface area contributed by atoms with Gasteiger partial charge < -0.3 is 4.90 Å². The van der Waals surface area contributed by atoms with Crippen molar-refractivity contribution in [3.05, 3.63) is 64.2 Å². The van der Waals surface area contributed by atoms with Crippen LogP contribution in [0.4, 0.5) is 9.52 Å². The van der Waals surface area contributed by atoms with Gasteiger partial charge in [-0.3, -0.25) is 0 Å². The molecular formula is C20H18BrFN2O2S2. The summed E-state index contributed by atoms with van der Waals surface area (Å²) in [5.41, 5.74) is 1.97. The number of halogens is 2. The van der Waals surface area contributed by atoms with Gasteiger partial charge >= 0.3 is 0 Å². The van der Waals surface area contributed by atoms with Crippen LogP contribution in [0.2, 0.25) is 0 Å². The van der Waals surface area contributed by atoms with Crippen molar-refractivity contribution in [3.63, 3.8) is 0 Å². The van der Waals surface area contributed by atoms with Gasteiger partial charge in [0.15, 0.2) is 15.0 Å². The third kappa shape index (κ3) is 3.99. The molecule has 28 heavy (non-hydrogen) atoms. The predicted octanol–water partition coefficient (Wildman–Crippen LogP) is 5.15. The Labute approximate surface area is 176 Å². The zero-order chi connectivity index (χ0) is 19.7. The van der Waals surface area contributed by atoms with E-state index in [2.05, 4.69) is 20.8 Å². The lowest BCUT2D eigenvalue weighted by molar-refractivity contribution is 0.529. The van der Waals surface area contributed by atoms with E-state index >= 15 is 0 Å². The second-order valence-corrected chi connectivity index (χ2v) is 10.7. The molecule has 0 bridgehead atoms. The zero-order valence-corrected chi connectivity index (χ0v) is 18.1. The molecule has 1 saturated heterocycles. The second kappa shape index (κ2) is 7.93. The highest BCUT2D eigenvalue weighted by Gasteiger charge is 2.32. The quantitative estimate of drug-likeness (QED) is 0.484. The van der Waals surface area contributed by atoms with Crippen molar-refractivity contribution in [2.45, 2.75) is 23.0 Å². The summed E-state index contributed by atoms with van der Waals surface area (Å²) in [5.74, 6) is -0.432. The number of thiazole rings is 1. The van der Waals surface area contributed by atoms with Crippen LogP contribution in [0.1, 0.15) is 12.8 Å². The van der Waals surface area contributed by atoms with E-state index in [0.29, 0.717) is 25.9 Å². The van der Waals surface area contributed by atoms with Crippen molar-refractivity contribution < 1.29 is 12.8 Å². The molecule has 1 fully saturated rings. The van der Waals surface area contributed by atoms with Crippen molar-refractivity contribution in [2.24, 2.45) is 0 Å². The van der Waals surface area contributed by atoms with Gasteiger partial charge in [-0.25, -0.2) is 17.8 Å². The lowest BCUT2D eigenvalue weighted by Gasteiger charge is -2.31. The van der Waals surface area contributed by atoms with Gasteiger partial charge in [0.05, 0.1) is 15.8 Å². The smallest absolute Gasteiger partial charge is 0.185 e. The average molecular weight is 481 g/mol. The van der Waals surface area contributed by atoms with Crippen molar-refractivity contribution in [2.75, 3.05) is 18.0 Å². The Morgan fingerprint density at radius 2 is 1.82 bits per heavy atom. The summed E-state index contributed by atoms with van der Waals surface area (Å²) in [5, 5.41) is 2.49. The van der Waals surface area contributed by atoms with E-state index in [1.54, 1.807) is 11.3 Å². The van der Waals surface area contributed by atoms with Gasteiger partial charge in [-0.05, 0) is 49.2 Å². The van der Waals surface area contributed by atoms with Crippen LogP contribution in [0, 0.1) is 5.82 Å². The van der Waals surface area contributed by atoms with Gasteiger partial charge in [0.2, 0.25) is 0 Å². The summed E-state index contributed by atoms with van der Waals surface area (Å²) in [6, 6.07) is 13.1. The summed E-state index contributed by atoms with van der Waals surface area (Å²) in [7, 11) is -3.44. The first-order valence-electron chi connectivity index (χ1n) is 8.89. The standard InChI is InChI=1S/C20H18BrFN2O2S2/c21-15-3-1-2-14(12-15)19-13-27-20(23-19)24-10-8-18(9-11-24)28(25,26)17-6-4-16(22)5-7-17/h1-7,12-13,18H,8-11H2. The highest BCUT2D eigenvalue weighted by atomic mass is 79.9. The fraction of sp³-hybridized carbons (Fsp3) is 0.250. The normalized spacial score (nSPS) is 15.7. The topological polar surface area (TPSA) is 50.3 Å². The Balaban J connectivity index is 1.45. The Hall–Kier alpha value is -1.77. The van der Waals surface area contributed by atoms with E-state index in [-0.39, 0.29) is 4.90 Å². The van der Waals surface area contributed by atoms with Gasteiger partial charge in [0, 0.05) is 28.5 Å². The lowest BCUT2D eigenvalue weighted by Crippen LogP contribution is -2.39. The molecule has 0 amide bonds. The molecule has 4 rings (SSSR count). The van der Waals surface area contributed by atoms with E-state index < -0.39 is 20.9 Å². The Kier molecular flexibility index (Phi) is 5.53. The predicted molar refractivity (Wildman–Crippen MR) is 114 cm³/mol. The number of aromatic nitrogens is 1. The highest BCUT2D eigenvalue weighted by molar-refractivity contribution is 9.10. The minimum Gasteiger partial charge on any atom is -0.348 e. The third-order valence-electron chi connectivity index (χ3n) is 4.91. The molecule has 0 unspecified atom stereocenters. The van der Waals surface area contributed by atoms with E-state index in [9.17, 15) is 12.8 Å². The molecule has 2 heterocycles. The average Bonchev–Trinajstić information content (AvgIpc) is 3.19. The third-order valence-corrected chi connectivity index (χ3v) is 8.58. The molecule has 0 saturated carbocycles. The molecule has 8 heteroatoms. The van der Waals surface area contributed by atoms with Crippen LogP contribution in [0.15, 0.2) is 63.3 Å². The molecule has 1 aromatic heterocycles. The summed E-state index contributed by atoms with van der Waals surface area (Å²) in [6.45, 7) is 1.27. The molecule has 2 aromatic carbocycles. The van der Waals surface area contributed by atoms with Crippen LogP contribution in [0.3, 0.4) is 0 Å². The number of hydrogen-bond acceptors (Lipinski definition) is 5. The Bertz CT molecular complexity index is 1080. The van der Waals surface area contributed by atoms with E-state index in [0.717, 1.165) is 20.9 Å². The Morgan fingerprint density at radius 3 is 2.50 bits per heavy atom. The zero-order valence-electron chi connectivity index (χ0n) is 14.9. The number of benzene rings is 2. The van der Waals surface area contributed by atoms with Gasteiger partial charge in [-0.1, -0.05) is 28.1 Å². The minimum atomic E-state index is -3.44. The molecule has 1 aliphatic heterocycles. The molecule has 3 aromatic rings. The van der Waals surface area contributed by atoms with Crippen LogP contribution < -0.4 is 4.90 Å². The van der Waals surface area contributed by atoms with Crippen molar-refractivity contribution in [3.8, 4) is 11.3 Å². The van der Waals surface area contributed by atoms with Crippen LogP contribution >= 0.6 is 27.3 Å². The van der Waals surface area contributed by atoms with Gasteiger partial charge in [0.25, 0.3) is 0 Å². The molecule has 0 aliphatic carbocycles. The molecule has 4 nitrogen and oxygen atoms in total.